The monoisotopic (exact) mass is 519 g/mol. The summed E-state index contributed by atoms with van der Waals surface area (Å²) < 4.78 is 49.7. The molecule has 5 N–H and O–H groups in total. The Bertz CT molecular complexity index is 1150. The molecule has 0 aliphatic rings. The van der Waals surface area contributed by atoms with Crippen molar-refractivity contribution in [1.82, 2.24) is 15.6 Å². The minimum absolute atomic E-state index is 0.0137. The number of carbonyl (C=O) groups is 1. The maximum atomic E-state index is 13.3. The maximum Gasteiger partial charge on any atom is 0.490 e. The average Bonchev–Trinajstić information content (AvgIpc) is 3.29. The fraction of sp³-hybridized carbons (Fsp3) is 0.200. The Kier molecular flexibility index (Phi) is 9.65. The Hall–Kier alpha value is -3.59. The second-order valence-corrected chi connectivity index (χ2v) is 7.06. The lowest BCUT2D eigenvalue weighted by Gasteiger charge is -2.18. The topological polar surface area (TPSA) is 156 Å². The van der Waals surface area contributed by atoms with Crippen LogP contribution in [0.5, 0.6) is 0 Å². The zero-order chi connectivity index (χ0) is 26.2. The molecule has 0 saturated carbocycles. The summed E-state index contributed by atoms with van der Waals surface area (Å²) in [7, 11) is 0. The molecule has 0 fully saturated rings. The van der Waals surface area contributed by atoms with E-state index < -0.39 is 23.8 Å². The molecule has 1 heterocycles. The van der Waals surface area contributed by atoms with Gasteiger partial charge in [0, 0.05) is 6.54 Å². The number of anilines is 1. The molecular formula is C20H18ClF4N5O5. The molecule has 0 aliphatic carbocycles. The first-order valence-corrected chi connectivity index (χ1v) is 9.87. The van der Waals surface area contributed by atoms with Crippen molar-refractivity contribution in [3.05, 3.63) is 76.3 Å². The molecule has 35 heavy (non-hydrogen) atoms. The van der Waals surface area contributed by atoms with Gasteiger partial charge >= 0.3 is 12.1 Å². The number of alkyl halides is 3. The third-order valence-electron chi connectivity index (χ3n) is 4.28. The normalized spacial score (nSPS) is 11.9. The van der Waals surface area contributed by atoms with Crippen LogP contribution in [0.2, 0.25) is 5.02 Å². The molecule has 0 aliphatic heterocycles. The molecule has 0 bridgehead atoms. The molecule has 0 amide bonds. The number of rotatable bonds is 7. The first-order valence-electron chi connectivity index (χ1n) is 9.49. The van der Waals surface area contributed by atoms with E-state index in [9.17, 15) is 27.9 Å². The van der Waals surface area contributed by atoms with Crippen molar-refractivity contribution in [1.29, 1.82) is 5.41 Å². The number of nitrogens with zero attached hydrogens (tertiary/aromatic N) is 3. The van der Waals surface area contributed by atoms with Gasteiger partial charge in [0.2, 0.25) is 0 Å². The van der Waals surface area contributed by atoms with Crippen LogP contribution >= 0.6 is 11.6 Å². The summed E-state index contributed by atoms with van der Waals surface area (Å²) >= 11 is 5.71. The van der Waals surface area contributed by atoms with E-state index in [1.165, 1.54) is 12.1 Å². The Balaban J connectivity index is 0.000000540. The minimum atomic E-state index is -5.08. The van der Waals surface area contributed by atoms with Gasteiger partial charge in [0.25, 0.3) is 0 Å². The average molecular weight is 520 g/mol. The fourth-order valence-corrected chi connectivity index (χ4v) is 2.72. The van der Waals surface area contributed by atoms with E-state index >= 15 is 0 Å². The number of aliphatic hydroxyl groups excluding tert-OH is 1. The van der Waals surface area contributed by atoms with Gasteiger partial charge in [-0.05, 0) is 28.9 Å². The van der Waals surface area contributed by atoms with Crippen molar-refractivity contribution in [2.24, 2.45) is 0 Å². The van der Waals surface area contributed by atoms with Gasteiger partial charge in [0.05, 0.1) is 23.4 Å². The van der Waals surface area contributed by atoms with Crippen molar-refractivity contribution in [2.45, 2.75) is 18.8 Å². The highest BCUT2D eigenvalue weighted by Gasteiger charge is 2.38. The highest BCUT2D eigenvalue weighted by molar-refractivity contribution is 6.31. The molecule has 2 aromatic carbocycles. The molecule has 1 atom stereocenters. The number of benzene rings is 2. The SMILES string of the molecule is N=C(c1nonc1CN[C@@H](CO)c1ccccc1)N(O)c1ccc(F)c(Cl)c1.O=C(O)C(F)(F)F. The Morgan fingerprint density at radius 3 is 2.37 bits per heavy atom. The first-order chi connectivity index (χ1) is 16.5. The van der Waals surface area contributed by atoms with Gasteiger partial charge in [-0.25, -0.2) is 18.9 Å². The summed E-state index contributed by atoms with van der Waals surface area (Å²) in [6.07, 6.45) is -5.08. The van der Waals surface area contributed by atoms with Crippen LogP contribution in [-0.2, 0) is 11.3 Å². The zero-order valence-electron chi connectivity index (χ0n) is 17.5. The molecule has 10 nitrogen and oxygen atoms in total. The van der Waals surface area contributed by atoms with Crippen LogP contribution in [0, 0.1) is 11.2 Å². The lowest BCUT2D eigenvalue weighted by atomic mass is 10.1. The van der Waals surface area contributed by atoms with Gasteiger partial charge in [-0.3, -0.25) is 10.6 Å². The van der Waals surface area contributed by atoms with Crippen LogP contribution in [0.1, 0.15) is 23.0 Å². The van der Waals surface area contributed by atoms with Crippen LogP contribution in [-0.4, -0.2) is 50.3 Å². The van der Waals surface area contributed by atoms with Crippen molar-refractivity contribution in [2.75, 3.05) is 11.7 Å². The van der Waals surface area contributed by atoms with E-state index in [4.69, 9.17) is 31.5 Å². The van der Waals surface area contributed by atoms with E-state index in [1.54, 1.807) is 0 Å². The van der Waals surface area contributed by atoms with Gasteiger partial charge in [-0.1, -0.05) is 47.1 Å². The van der Waals surface area contributed by atoms with E-state index in [2.05, 4.69) is 15.6 Å². The van der Waals surface area contributed by atoms with Gasteiger partial charge in [0.1, 0.15) is 11.5 Å². The number of aliphatic carboxylic acids is 1. The number of amidine groups is 1. The molecule has 0 unspecified atom stereocenters. The van der Waals surface area contributed by atoms with E-state index in [0.717, 1.165) is 11.6 Å². The van der Waals surface area contributed by atoms with Crippen molar-refractivity contribution in [3.8, 4) is 0 Å². The number of nitrogens with one attached hydrogen (secondary N) is 2. The lowest BCUT2D eigenvalue weighted by Crippen LogP contribution is -2.30. The number of aromatic nitrogens is 2. The third-order valence-corrected chi connectivity index (χ3v) is 4.57. The second kappa shape index (κ2) is 12.2. The minimum Gasteiger partial charge on any atom is -0.475 e. The third kappa shape index (κ3) is 7.71. The largest absolute Gasteiger partial charge is 0.490 e. The maximum absolute atomic E-state index is 13.3. The summed E-state index contributed by atoms with van der Waals surface area (Å²) in [5.74, 6) is -3.83. The summed E-state index contributed by atoms with van der Waals surface area (Å²) in [5, 5.41) is 46.0. The Morgan fingerprint density at radius 2 is 1.83 bits per heavy atom. The van der Waals surface area contributed by atoms with Crippen LogP contribution in [0.15, 0.2) is 53.2 Å². The smallest absolute Gasteiger partial charge is 0.475 e. The van der Waals surface area contributed by atoms with Gasteiger partial charge in [0.15, 0.2) is 11.5 Å². The highest BCUT2D eigenvalue weighted by atomic mass is 35.5. The molecular weight excluding hydrogens is 502 g/mol. The molecule has 0 saturated heterocycles. The number of halogens is 5. The number of hydroxylamine groups is 1. The molecule has 1 aromatic heterocycles. The quantitative estimate of drug-likeness (QED) is 0.136. The predicted octanol–water partition coefficient (Wildman–Crippen LogP) is 3.54. The standard InChI is InChI=1S/C18H17ClFN5O3.C2HF3O2/c19-13-8-12(6-7-14(13)20)25(27)18(21)17-15(23-28-24-17)9-22-16(10-26)11-4-2-1-3-5-11;3-2(4,5)1(6)7/h1-8,16,21-22,26-27H,9-10H2;(H,6,7)/t16-;/m0./s1. The fourth-order valence-electron chi connectivity index (χ4n) is 2.54. The van der Waals surface area contributed by atoms with Crippen molar-refractivity contribution >= 4 is 29.1 Å². The van der Waals surface area contributed by atoms with E-state index in [1.807, 2.05) is 30.3 Å². The number of aliphatic hydroxyl groups is 1. The van der Waals surface area contributed by atoms with Gasteiger partial charge < -0.3 is 15.5 Å². The Morgan fingerprint density at radius 1 is 1.20 bits per heavy atom. The van der Waals surface area contributed by atoms with Gasteiger partial charge in [-0.2, -0.15) is 13.2 Å². The van der Waals surface area contributed by atoms with Crippen LogP contribution in [0.3, 0.4) is 0 Å². The molecule has 3 aromatic rings. The predicted molar refractivity (Wildman–Crippen MR) is 114 cm³/mol. The molecule has 188 valence electrons. The summed E-state index contributed by atoms with van der Waals surface area (Å²) in [6, 6.07) is 12.5. The number of hydrogen-bond acceptors (Lipinski definition) is 8. The molecule has 0 spiro atoms. The summed E-state index contributed by atoms with van der Waals surface area (Å²) in [5.41, 5.74) is 1.20. The Labute approximate surface area is 199 Å². The molecule has 3 rings (SSSR count). The lowest BCUT2D eigenvalue weighted by molar-refractivity contribution is -0.192. The number of carboxylic acids is 1. The van der Waals surface area contributed by atoms with Crippen molar-refractivity contribution < 1.29 is 42.4 Å². The van der Waals surface area contributed by atoms with E-state index in [-0.39, 0.29) is 41.3 Å². The van der Waals surface area contributed by atoms with Crippen LogP contribution in [0.4, 0.5) is 23.2 Å². The number of carboxylic acid groups (broad SMARTS) is 1. The number of hydrogen-bond donors (Lipinski definition) is 5. The summed E-state index contributed by atoms with van der Waals surface area (Å²) in [4.78, 5) is 8.90. The van der Waals surface area contributed by atoms with Crippen molar-refractivity contribution in [3.63, 3.8) is 0 Å². The van der Waals surface area contributed by atoms with Crippen LogP contribution in [0.25, 0.3) is 0 Å². The second-order valence-electron chi connectivity index (χ2n) is 6.65. The molecule has 0 radical (unpaired) electrons. The van der Waals surface area contributed by atoms with Gasteiger partial charge in [-0.15, -0.1) is 0 Å². The first kappa shape index (κ1) is 27.7. The van der Waals surface area contributed by atoms with E-state index in [0.29, 0.717) is 5.06 Å². The highest BCUT2D eigenvalue weighted by Crippen LogP contribution is 2.23. The zero-order valence-corrected chi connectivity index (χ0v) is 18.3. The summed E-state index contributed by atoms with van der Waals surface area (Å²) in [6.45, 7) is -0.0262. The van der Waals surface area contributed by atoms with Crippen LogP contribution < -0.4 is 10.4 Å². The molecule has 15 heteroatoms.